The highest BCUT2D eigenvalue weighted by Gasteiger charge is 2.30. The van der Waals surface area contributed by atoms with Gasteiger partial charge in [-0.1, -0.05) is 42.5 Å². The van der Waals surface area contributed by atoms with E-state index in [1.165, 1.54) is 5.39 Å². The number of hydrogen-bond donors (Lipinski definition) is 1. The number of piperidine rings is 1. The molecule has 2 unspecified atom stereocenters. The zero-order valence-corrected chi connectivity index (χ0v) is 14.6. The lowest BCUT2D eigenvalue weighted by atomic mass is 9.92. The summed E-state index contributed by atoms with van der Waals surface area (Å²) in [7, 11) is 0. The molecule has 2 atom stereocenters. The van der Waals surface area contributed by atoms with Gasteiger partial charge in [0.1, 0.15) is 0 Å². The Kier molecular flexibility index (Phi) is 5.37. The maximum absolute atomic E-state index is 13.1. The van der Waals surface area contributed by atoms with Gasteiger partial charge in [0.15, 0.2) is 0 Å². The third-order valence-corrected chi connectivity index (χ3v) is 5.25. The van der Waals surface area contributed by atoms with Crippen LogP contribution in [0.2, 0.25) is 0 Å². The first kappa shape index (κ1) is 17.5. The SMILES string of the molecule is CC(C(=O)N1CCCCC1CCC(=O)O)c1ccc2ccccc2c1. The van der Waals surface area contributed by atoms with Gasteiger partial charge in [-0.3, -0.25) is 9.59 Å². The lowest BCUT2D eigenvalue weighted by Gasteiger charge is -2.37. The van der Waals surface area contributed by atoms with Gasteiger partial charge in [-0.25, -0.2) is 0 Å². The molecule has 1 heterocycles. The smallest absolute Gasteiger partial charge is 0.303 e. The van der Waals surface area contributed by atoms with Crippen LogP contribution in [-0.4, -0.2) is 34.5 Å². The maximum atomic E-state index is 13.1. The van der Waals surface area contributed by atoms with Crippen molar-refractivity contribution in [3.63, 3.8) is 0 Å². The zero-order chi connectivity index (χ0) is 17.8. The normalized spacial score (nSPS) is 18.9. The van der Waals surface area contributed by atoms with Crippen LogP contribution in [0.3, 0.4) is 0 Å². The van der Waals surface area contributed by atoms with Crippen LogP contribution in [-0.2, 0) is 9.59 Å². The van der Waals surface area contributed by atoms with Gasteiger partial charge < -0.3 is 10.0 Å². The fourth-order valence-corrected chi connectivity index (χ4v) is 3.75. The van der Waals surface area contributed by atoms with E-state index in [2.05, 4.69) is 24.3 Å². The van der Waals surface area contributed by atoms with Crippen molar-refractivity contribution in [2.75, 3.05) is 6.54 Å². The molecule has 132 valence electrons. The van der Waals surface area contributed by atoms with Gasteiger partial charge in [-0.15, -0.1) is 0 Å². The Balaban J connectivity index is 1.77. The number of rotatable bonds is 5. The van der Waals surface area contributed by atoms with Crippen molar-refractivity contribution >= 4 is 22.6 Å². The number of fused-ring (bicyclic) bond motifs is 1. The molecule has 0 aromatic heterocycles. The van der Waals surface area contributed by atoms with Gasteiger partial charge in [0.25, 0.3) is 0 Å². The molecule has 1 saturated heterocycles. The average Bonchev–Trinajstić information content (AvgIpc) is 2.65. The van der Waals surface area contributed by atoms with Crippen LogP contribution in [0.4, 0.5) is 0 Å². The molecule has 2 aromatic rings. The molecular weight excluding hydrogens is 314 g/mol. The predicted molar refractivity (Wildman–Crippen MR) is 98.6 cm³/mol. The predicted octanol–water partition coefficient (Wildman–Crippen LogP) is 4.19. The van der Waals surface area contributed by atoms with E-state index in [1.807, 2.05) is 30.0 Å². The fourth-order valence-electron chi connectivity index (χ4n) is 3.75. The standard InChI is InChI=1S/C21H25NO3/c1-15(17-10-9-16-6-2-3-7-18(16)14-17)21(25)22-13-5-4-8-19(22)11-12-20(23)24/h2-3,6-7,9-10,14-15,19H,4-5,8,11-13H2,1H3,(H,23,24). The van der Waals surface area contributed by atoms with Crippen molar-refractivity contribution in [3.8, 4) is 0 Å². The number of amides is 1. The lowest BCUT2D eigenvalue weighted by molar-refractivity contribution is -0.140. The minimum absolute atomic E-state index is 0.0558. The van der Waals surface area contributed by atoms with E-state index in [-0.39, 0.29) is 24.3 Å². The molecule has 0 saturated carbocycles. The van der Waals surface area contributed by atoms with Crippen LogP contribution in [0.1, 0.15) is 50.5 Å². The molecule has 0 aliphatic carbocycles. The molecule has 25 heavy (non-hydrogen) atoms. The second-order valence-corrected chi connectivity index (χ2v) is 6.94. The van der Waals surface area contributed by atoms with Crippen LogP contribution in [0, 0.1) is 0 Å². The number of nitrogens with zero attached hydrogens (tertiary/aromatic N) is 1. The molecule has 2 aromatic carbocycles. The quantitative estimate of drug-likeness (QED) is 0.888. The zero-order valence-electron chi connectivity index (χ0n) is 14.6. The molecule has 1 aliphatic heterocycles. The summed E-state index contributed by atoms with van der Waals surface area (Å²) in [4.78, 5) is 25.9. The first-order valence-corrected chi connectivity index (χ1v) is 9.07. The summed E-state index contributed by atoms with van der Waals surface area (Å²) in [6.45, 7) is 2.69. The van der Waals surface area contributed by atoms with Crippen LogP contribution < -0.4 is 0 Å². The third kappa shape index (κ3) is 4.01. The van der Waals surface area contributed by atoms with Crippen molar-refractivity contribution in [3.05, 3.63) is 48.0 Å². The lowest BCUT2D eigenvalue weighted by Crippen LogP contribution is -2.45. The fraction of sp³-hybridized carbons (Fsp3) is 0.429. The second-order valence-electron chi connectivity index (χ2n) is 6.94. The molecular formula is C21H25NO3. The van der Waals surface area contributed by atoms with E-state index in [4.69, 9.17) is 5.11 Å². The van der Waals surface area contributed by atoms with Crippen molar-refractivity contribution < 1.29 is 14.7 Å². The van der Waals surface area contributed by atoms with E-state index >= 15 is 0 Å². The number of carbonyl (C=O) groups is 2. The van der Waals surface area contributed by atoms with E-state index in [0.717, 1.165) is 36.8 Å². The summed E-state index contributed by atoms with van der Waals surface area (Å²) in [5.41, 5.74) is 1.02. The van der Waals surface area contributed by atoms with Crippen molar-refractivity contribution in [1.29, 1.82) is 0 Å². The molecule has 1 amide bonds. The van der Waals surface area contributed by atoms with Gasteiger partial charge in [0.05, 0.1) is 5.92 Å². The number of hydrogen-bond acceptors (Lipinski definition) is 2. The summed E-state index contributed by atoms with van der Waals surface area (Å²) in [5.74, 6) is -0.888. The number of benzene rings is 2. The molecule has 0 bridgehead atoms. The third-order valence-electron chi connectivity index (χ3n) is 5.25. The minimum Gasteiger partial charge on any atom is -0.481 e. The summed E-state index contributed by atoms with van der Waals surface area (Å²) in [6, 6.07) is 14.4. The van der Waals surface area contributed by atoms with Crippen LogP contribution in [0.15, 0.2) is 42.5 Å². The average molecular weight is 339 g/mol. The summed E-state index contributed by atoms with van der Waals surface area (Å²) in [5, 5.41) is 11.3. The molecule has 3 rings (SSSR count). The van der Waals surface area contributed by atoms with Gasteiger partial charge in [0.2, 0.25) is 5.91 Å². The molecule has 0 radical (unpaired) electrons. The largest absolute Gasteiger partial charge is 0.481 e. The maximum Gasteiger partial charge on any atom is 0.303 e. The Morgan fingerprint density at radius 2 is 1.92 bits per heavy atom. The molecule has 4 heteroatoms. The van der Waals surface area contributed by atoms with E-state index in [0.29, 0.717) is 6.42 Å². The van der Waals surface area contributed by atoms with Crippen molar-refractivity contribution in [2.45, 2.75) is 51.0 Å². The van der Waals surface area contributed by atoms with E-state index in [1.54, 1.807) is 0 Å². The number of likely N-dealkylation sites (tertiary alicyclic amines) is 1. The van der Waals surface area contributed by atoms with Crippen LogP contribution in [0.5, 0.6) is 0 Å². The van der Waals surface area contributed by atoms with E-state index < -0.39 is 5.97 Å². The van der Waals surface area contributed by atoms with Crippen LogP contribution >= 0.6 is 0 Å². The Labute approximate surface area is 148 Å². The van der Waals surface area contributed by atoms with Crippen molar-refractivity contribution in [1.82, 2.24) is 4.90 Å². The van der Waals surface area contributed by atoms with Crippen LogP contribution in [0.25, 0.3) is 10.8 Å². The minimum atomic E-state index is -0.791. The second kappa shape index (κ2) is 7.68. The number of carboxylic acids is 1. The summed E-state index contributed by atoms with van der Waals surface area (Å²) >= 11 is 0. The van der Waals surface area contributed by atoms with Gasteiger partial charge >= 0.3 is 5.97 Å². The number of aliphatic carboxylic acids is 1. The Bertz CT molecular complexity index is 771. The summed E-state index contributed by atoms with van der Waals surface area (Å²) < 4.78 is 0. The van der Waals surface area contributed by atoms with Gasteiger partial charge in [-0.05, 0) is 48.9 Å². The monoisotopic (exact) mass is 339 g/mol. The molecule has 1 N–H and O–H groups in total. The number of carboxylic acid groups (broad SMARTS) is 1. The first-order chi connectivity index (χ1) is 12.1. The Morgan fingerprint density at radius 1 is 1.16 bits per heavy atom. The topological polar surface area (TPSA) is 57.6 Å². The highest BCUT2D eigenvalue weighted by molar-refractivity contribution is 5.88. The highest BCUT2D eigenvalue weighted by Crippen LogP contribution is 2.28. The molecule has 0 spiro atoms. The first-order valence-electron chi connectivity index (χ1n) is 9.07. The van der Waals surface area contributed by atoms with Gasteiger partial charge in [0, 0.05) is 19.0 Å². The van der Waals surface area contributed by atoms with E-state index in [9.17, 15) is 9.59 Å². The molecule has 1 fully saturated rings. The van der Waals surface area contributed by atoms with Crippen molar-refractivity contribution in [2.24, 2.45) is 0 Å². The van der Waals surface area contributed by atoms with Gasteiger partial charge in [-0.2, -0.15) is 0 Å². The Hall–Kier alpha value is -2.36. The number of carbonyl (C=O) groups excluding carboxylic acids is 1. The Morgan fingerprint density at radius 3 is 2.68 bits per heavy atom. The highest BCUT2D eigenvalue weighted by atomic mass is 16.4. The summed E-state index contributed by atoms with van der Waals surface area (Å²) in [6.07, 6.45) is 3.64. The molecule has 4 nitrogen and oxygen atoms in total. The molecule has 1 aliphatic rings.